The zero-order valence-electron chi connectivity index (χ0n) is 8.24. The summed E-state index contributed by atoms with van der Waals surface area (Å²) in [7, 11) is 0. The molecule has 1 aromatic carbocycles. The summed E-state index contributed by atoms with van der Waals surface area (Å²) >= 11 is 12.1. The predicted octanol–water partition coefficient (Wildman–Crippen LogP) is 4.30. The molecule has 1 heterocycles. The summed E-state index contributed by atoms with van der Waals surface area (Å²) in [6.45, 7) is 3.63. The average Bonchev–Trinajstić information content (AvgIpc) is 2.20. The molecule has 0 aliphatic rings. The minimum Gasteiger partial charge on any atom is -0.250 e. The normalized spacial score (nSPS) is 11.0. The Morgan fingerprint density at radius 3 is 2.53 bits per heavy atom. The Balaban J connectivity index is 3.04. The maximum absolute atomic E-state index is 13.5. The molecule has 4 heteroatoms. The van der Waals surface area contributed by atoms with E-state index in [1.54, 1.807) is 6.92 Å². The van der Waals surface area contributed by atoms with E-state index in [9.17, 15) is 4.39 Å². The van der Waals surface area contributed by atoms with Gasteiger partial charge in [-0.3, -0.25) is 0 Å². The van der Waals surface area contributed by atoms with Crippen LogP contribution in [0, 0.1) is 19.7 Å². The SMILES string of the molecule is Cc1nc2c(F)ccc(Cl)c2c(Cl)c1C. The smallest absolute Gasteiger partial charge is 0.149 e. The Morgan fingerprint density at radius 2 is 1.87 bits per heavy atom. The Morgan fingerprint density at radius 1 is 1.20 bits per heavy atom. The summed E-state index contributed by atoms with van der Waals surface area (Å²) in [4.78, 5) is 4.15. The van der Waals surface area contributed by atoms with Crippen LogP contribution >= 0.6 is 23.2 Å². The zero-order valence-corrected chi connectivity index (χ0v) is 9.75. The van der Waals surface area contributed by atoms with E-state index in [2.05, 4.69) is 4.98 Å². The summed E-state index contributed by atoms with van der Waals surface area (Å²) in [6.07, 6.45) is 0. The number of aryl methyl sites for hydroxylation is 1. The monoisotopic (exact) mass is 243 g/mol. The van der Waals surface area contributed by atoms with Gasteiger partial charge >= 0.3 is 0 Å². The number of fused-ring (bicyclic) bond motifs is 1. The van der Waals surface area contributed by atoms with Crippen LogP contribution in [0.1, 0.15) is 11.3 Å². The third-order valence-corrected chi connectivity index (χ3v) is 3.24. The van der Waals surface area contributed by atoms with Gasteiger partial charge in [-0.25, -0.2) is 9.37 Å². The van der Waals surface area contributed by atoms with E-state index < -0.39 is 5.82 Å². The molecule has 78 valence electrons. The van der Waals surface area contributed by atoms with Gasteiger partial charge in [-0.1, -0.05) is 23.2 Å². The number of aromatic nitrogens is 1. The lowest BCUT2D eigenvalue weighted by molar-refractivity contribution is 0.636. The van der Waals surface area contributed by atoms with Gasteiger partial charge < -0.3 is 0 Å². The van der Waals surface area contributed by atoms with Crippen LogP contribution in [0.15, 0.2) is 12.1 Å². The van der Waals surface area contributed by atoms with Gasteiger partial charge in [0.15, 0.2) is 0 Å². The molecular weight excluding hydrogens is 236 g/mol. The van der Waals surface area contributed by atoms with Crippen molar-refractivity contribution < 1.29 is 4.39 Å². The molecule has 2 aromatic rings. The first kappa shape index (κ1) is 10.7. The van der Waals surface area contributed by atoms with Gasteiger partial charge in [0.1, 0.15) is 11.3 Å². The molecule has 0 amide bonds. The van der Waals surface area contributed by atoms with Gasteiger partial charge in [0.25, 0.3) is 0 Å². The lowest BCUT2D eigenvalue weighted by atomic mass is 10.1. The van der Waals surface area contributed by atoms with Gasteiger partial charge in [0.2, 0.25) is 0 Å². The predicted molar refractivity (Wildman–Crippen MR) is 61.2 cm³/mol. The number of rotatable bonds is 0. The number of hydrogen-bond donors (Lipinski definition) is 0. The standard InChI is InChI=1S/C11H8Cl2FN/c1-5-6(2)15-11-8(14)4-3-7(12)9(11)10(5)13/h3-4H,1-2H3. The zero-order chi connectivity index (χ0) is 11.2. The van der Waals surface area contributed by atoms with Crippen molar-refractivity contribution in [3.05, 3.63) is 39.3 Å². The maximum Gasteiger partial charge on any atom is 0.149 e. The molecule has 0 aliphatic heterocycles. The van der Waals surface area contributed by atoms with Gasteiger partial charge in [-0.2, -0.15) is 0 Å². The molecule has 0 unspecified atom stereocenters. The quantitative estimate of drug-likeness (QED) is 0.673. The average molecular weight is 244 g/mol. The Bertz CT molecular complexity index is 552. The first-order chi connectivity index (χ1) is 7.02. The molecule has 1 nitrogen and oxygen atoms in total. The van der Waals surface area contributed by atoms with Crippen molar-refractivity contribution in [1.29, 1.82) is 0 Å². The lowest BCUT2D eigenvalue weighted by Gasteiger charge is -2.08. The van der Waals surface area contributed by atoms with Crippen molar-refractivity contribution in [2.45, 2.75) is 13.8 Å². The molecule has 0 bridgehead atoms. The topological polar surface area (TPSA) is 12.9 Å². The fourth-order valence-electron chi connectivity index (χ4n) is 1.46. The van der Waals surface area contributed by atoms with Crippen LogP contribution in [-0.4, -0.2) is 4.98 Å². The number of benzene rings is 1. The van der Waals surface area contributed by atoms with E-state index in [-0.39, 0.29) is 5.52 Å². The summed E-state index contributed by atoms with van der Waals surface area (Å²) in [6, 6.07) is 2.78. The Hall–Kier alpha value is -0.860. The Kier molecular flexibility index (Phi) is 2.57. The molecular formula is C11H8Cl2FN. The van der Waals surface area contributed by atoms with Crippen molar-refractivity contribution >= 4 is 34.1 Å². The van der Waals surface area contributed by atoms with Crippen molar-refractivity contribution in [3.8, 4) is 0 Å². The van der Waals surface area contributed by atoms with Crippen molar-refractivity contribution in [3.63, 3.8) is 0 Å². The van der Waals surface area contributed by atoms with E-state index in [1.807, 2.05) is 6.92 Å². The number of halogens is 3. The molecule has 1 aromatic heterocycles. The highest BCUT2D eigenvalue weighted by atomic mass is 35.5. The molecule has 15 heavy (non-hydrogen) atoms. The summed E-state index contributed by atoms with van der Waals surface area (Å²) in [5.41, 5.74) is 1.78. The summed E-state index contributed by atoms with van der Waals surface area (Å²) < 4.78 is 13.5. The molecule has 0 aliphatic carbocycles. The van der Waals surface area contributed by atoms with E-state index in [1.165, 1.54) is 12.1 Å². The highest BCUT2D eigenvalue weighted by molar-refractivity contribution is 6.42. The summed E-state index contributed by atoms with van der Waals surface area (Å²) in [5, 5.41) is 1.38. The molecule has 2 rings (SSSR count). The van der Waals surface area contributed by atoms with Crippen LogP contribution in [0.25, 0.3) is 10.9 Å². The minimum atomic E-state index is -0.403. The van der Waals surface area contributed by atoms with Gasteiger partial charge in [-0.15, -0.1) is 0 Å². The van der Waals surface area contributed by atoms with Crippen molar-refractivity contribution in [1.82, 2.24) is 4.98 Å². The second kappa shape index (κ2) is 3.62. The molecule has 0 N–H and O–H groups in total. The minimum absolute atomic E-state index is 0.232. The largest absolute Gasteiger partial charge is 0.250 e. The highest BCUT2D eigenvalue weighted by Crippen LogP contribution is 2.33. The second-order valence-corrected chi connectivity index (χ2v) is 4.17. The maximum atomic E-state index is 13.5. The van der Waals surface area contributed by atoms with Gasteiger partial charge in [-0.05, 0) is 31.5 Å². The van der Waals surface area contributed by atoms with E-state index >= 15 is 0 Å². The van der Waals surface area contributed by atoms with E-state index in [0.29, 0.717) is 21.1 Å². The highest BCUT2D eigenvalue weighted by Gasteiger charge is 2.13. The van der Waals surface area contributed by atoms with Crippen molar-refractivity contribution in [2.75, 3.05) is 0 Å². The van der Waals surface area contributed by atoms with Crippen LogP contribution < -0.4 is 0 Å². The Labute approximate surface area is 96.8 Å². The first-order valence-electron chi connectivity index (χ1n) is 4.42. The van der Waals surface area contributed by atoms with Crippen molar-refractivity contribution in [2.24, 2.45) is 0 Å². The fourth-order valence-corrected chi connectivity index (χ4v) is 2.08. The molecule has 0 spiro atoms. The summed E-state index contributed by atoms with van der Waals surface area (Å²) in [5.74, 6) is -0.403. The van der Waals surface area contributed by atoms with Crippen LogP contribution in [0.4, 0.5) is 4.39 Å². The van der Waals surface area contributed by atoms with Gasteiger partial charge in [0.05, 0.1) is 10.0 Å². The second-order valence-electron chi connectivity index (χ2n) is 3.39. The van der Waals surface area contributed by atoms with Crippen LogP contribution in [0.2, 0.25) is 10.0 Å². The number of nitrogens with zero attached hydrogens (tertiary/aromatic N) is 1. The fraction of sp³-hybridized carbons (Fsp3) is 0.182. The molecule has 0 saturated carbocycles. The van der Waals surface area contributed by atoms with Crippen LogP contribution in [0.3, 0.4) is 0 Å². The van der Waals surface area contributed by atoms with Crippen LogP contribution in [0.5, 0.6) is 0 Å². The van der Waals surface area contributed by atoms with E-state index in [0.717, 1.165) is 5.56 Å². The number of pyridine rings is 1. The third kappa shape index (κ3) is 1.58. The van der Waals surface area contributed by atoms with Crippen LogP contribution in [-0.2, 0) is 0 Å². The molecule has 0 atom stereocenters. The van der Waals surface area contributed by atoms with Gasteiger partial charge in [0, 0.05) is 11.1 Å². The first-order valence-corrected chi connectivity index (χ1v) is 5.18. The number of hydrogen-bond acceptors (Lipinski definition) is 1. The third-order valence-electron chi connectivity index (χ3n) is 2.45. The molecule has 0 saturated heterocycles. The molecule has 0 fully saturated rings. The van der Waals surface area contributed by atoms with E-state index in [4.69, 9.17) is 23.2 Å². The lowest BCUT2D eigenvalue weighted by Crippen LogP contribution is -1.93. The molecule has 0 radical (unpaired) electrons.